The molecule has 0 unspecified atom stereocenters. The van der Waals surface area contributed by atoms with Gasteiger partial charge in [0.25, 0.3) is 5.91 Å². The van der Waals surface area contributed by atoms with Crippen molar-refractivity contribution in [2.45, 2.75) is 20.8 Å². The van der Waals surface area contributed by atoms with Crippen LogP contribution in [0.2, 0.25) is 0 Å². The molecule has 2 heterocycles. The number of halogens is 1. The first-order valence-corrected chi connectivity index (χ1v) is 11.2. The van der Waals surface area contributed by atoms with Gasteiger partial charge in [-0.3, -0.25) is 9.69 Å². The Bertz CT molecular complexity index is 1050. The molecule has 1 aliphatic heterocycles. The summed E-state index contributed by atoms with van der Waals surface area (Å²) in [4.78, 5) is 22.4. The second-order valence-electron chi connectivity index (χ2n) is 7.31. The van der Waals surface area contributed by atoms with Crippen molar-refractivity contribution < 1.29 is 26.7 Å². The highest BCUT2D eigenvalue weighted by Crippen LogP contribution is 2.33. The number of rotatable bonds is 7. The lowest BCUT2D eigenvalue weighted by atomic mass is 10.1. The maximum absolute atomic E-state index is 13.5. The number of aryl methyl sites for hydroxylation is 1. The van der Waals surface area contributed by atoms with E-state index in [9.17, 15) is 4.79 Å². The number of hydrogen-bond donors (Lipinski definition) is 0. The Morgan fingerprint density at radius 2 is 1.77 bits per heavy atom. The van der Waals surface area contributed by atoms with Gasteiger partial charge in [-0.25, -0.2) is 4.98 Å². The molecule has 0 saturated carbocycles. The molecular weight excluding hydrogens is 434 g/mol. The van der Waals surface area contributed by atoms with Crippen LogP contribution in [0.4, 0.5) is 5.13 Å². The van der Waals surface area contributed by atoms with Crippen LogP contribution in [0.25, 0.3) is 10.2 Å². The van der Waals surface area contributed by atoms with Crippen LogP contribution < -0.4 is 26.8 Å². The van der Waals surface area contributed by atoms with Gasteiger partial charge >= 0.3 is 0 Å². The standard InChI is InChI=1S/C23H27N3O3S.ClH/c1-4-25(5-2)10-11-26(23-24-18-8-6-16(3)14-21(18)30-23)22(27)17-7-9-19-20(15-17)29-13-12-28-19;/h6-9,14-15H,4-5,10-13H2,1-3H3;1H/p-1. The minimum absolute atomic E-state index is 0. The average Bonchev–Trinajstić information content (AvgIpc) is 3.18. The molecule has 31 heavy (non-hydrogen) atoms. The van der Waals surface area contributed by atoms with Crippen LogP contribution in [0.15, 0.2) is 36.4 Å². The van der Waals surface area contributed by atoms with Gasteiger partial charge in [0.05, 0.1) is 10.2 Å². The third kappa shape index (κ3) is 5.11. The van der Waals surface area contributed by atoms with E-state index in [-0.39, 0.29) is 18.3 Å². The van der Waals surface area contributed by atoms with Crippen LogP contribution in [0.3, 0.4) is 0 Å². The summed E-state index contributed by atoms with van der Waals surface area (Å²) in [6.45, 7) is 10.6. The molecular formula is C23H27ClN3O3S-. The van der Waals surface area contributed by atoms with E-state index in [4.69, 9.17) is 14.5 Å². The number of thiazole rings is 1. The van der Waals surface area contributed by atoms with Crippen LogP contribution >= 0.6 is 11.3 Å². The van der Waals surface area contributed by atoms with Crippen LogP contribution in [-0.4, -0.2) is 55.2 Å². The molecule has 0 bridgehead atoms. The number of aromatic nitrogens is 1. The van der Waals surface area contributed by atoms with E-state index >= 15 is 0 Å². The van der Waals surface area contributed by atoms with Crippen molar-refractivity contribution in [2.75, 3.05) is 44.3 Å². The van der Waals surface area contributed by atoms with Gasteiger partial charge in [0.15, 0.2) is 16.6 Å². The molecule has 0 atom stereocenters. The van der Waals surface area contributed by atoms with Crippen molar-refractivity contribution in [1.82, 2.24) is 9.88 Å². The molecule has 1 aromatic heterocycles. The van der Waals surface area contributed by atoms with Gasteiger partial charge in [0, 0.05) is 18.7 Å². The largest absolute Gasteiger partial charge is 1.00 e. The zero-order valence-corrected chi connectivity index (χ0v) is 19.6. The third-order valence-electron chi connectivity index (χ3n) is 5.33. The Labute approximate surface area is 193 Å². The van der Waals surface area contributed by atoms with E-state index in [1.54, 1.807) is 28.4 Å². The zero-order chi connectivity index (χ0) is 21.1. The van der Waals surface area contributed by atoms with Gasteiger partial charge in [0.1, 0.15) is 13.2 Å². The van der Waals surface area contributed by atoms with Gasteiger partial charge in [-0.1, -0.05) is 31.3 Å². The Balaban J connectivity index is 0.00000272. The first-order chi connectivity index (χ1) is 14.6. The predicted molar refractivity (Wildman–Crippen MR) is 121 cm³/mol. The highest BCUT2D eigenvalue weighted by molar-refractivity contribution is 7.22. The fourth-order valence-corrected chi connectivity index (χ4v) is 4.62. The van der Waals surface area contributed by atoms with E-state index in [1.807, 2.05) is 12.1 Å². The molecule has 1 amide bonds. The summed E-state index contributed by atoms with van der Waals surface area (Å²) in [5.41, 5.74) is 2.68. The maximum Gasteiger partial charge on any atom is 0.260 e. The number of ether oxygens (including phenoxy) is 2. The fourth-order valence-electron chi connectivity index (χ4n) is 3.53. The fraction of sp³-hybridized carbons (Fsp3) is 0.391. The molecule has 0 N–H and O–H groups in total. The number of amides is 1. The smallest absolute Gasteiger partial charge is 0.260 e. The van der Waals surface area contributed by atoms with Gasteiger partial charge in [0.2, 0.25) is 0 Å². The van der Waals surface area contributed by atoms with Crippen molar-refractivity contribution in [3.8, 4) is 11.5 Å². The summed E-state index contributed by atoms with van der Waals surface area (Å²) >= 11 is 1.56. The van der Waals surface area contributed by atoms with E-state index in [2.05, 4.69) is 37.8 Å². The number of carbonyl (C=O) groups excluding carboxylic acids is 1. The van der Waals surface area contributed by atoms with Crippen molar-refractivity contribution in [3.05, 3.63) is 47.5 Å². The lowest BCUT2D eigenvalue weighted by Crippen LogP contribution is -3.00. The number of benzene rings is 2. The Kier molecular flexibility index (Phi) is 7.75. The quantitative estimate of drug-likeness (QED) is 0.533. The molecule has 166 valence electrons. The molecule has 0 radical (unpaired) electrons. The number of anilines is 1. The molecule has 0 spiro atoms. The minimum Gasteiger partial charge on any atom is -1.00 e. The molecule has 0 saturated heterocycles. The Morgan fingerprint density at radius 3 is 2.52 bits per heavy atom. The molecule has 0 fully saturated rings. The van der Waals surface area contributed by atoms with Crippen LogP contribution in [-0.2, 0) is 0 Å². The minimum atomic E-state index is -0.0742. The Hall–Kier alpha value is -2.35. The first-order valence-electron chi connectivity index (χ1n) is 10.4. The van der Waals surface area contributed by atoms with Gasteiger partial charge in [-0.2, -0.15) is 0 Å². The van der Waals surface area contributed by atoms with Gasteiger partial charge in [-0.15, -0.1) is 0 Å². The number of likely N-dealkylation sites (N-methyl/N-ethyl adjacent to an activating group) is 1. The van der Waals surface area contributed by atoms with Crippen LogP contribution in [0.5, 0.6) is 11.5 Å². The Morgan fingerprint density at radius 1 is 1.03 bits per heavy atom. The van der Waals surface area contributed by atoms with E-state index in [0.29, 0.717) is 36.8 Å². The number of fused-ring (bicyclic) bond motifs is 2. The number of hydrogen-bond acceptors (Lipinski definition) is 6. The summed E-state index contributed by atoms with van der Waals surface area (Å²) in [6, 6.07) is 11.6. The van der Waals surface area contributed by atoms with E-state index in [1.165, 1.54) is 5.56 Å². The van der Waals surface area contributed by atoms with Crippen molar-refractivity contribution >= 4 is 32.6 Å². The lowest BCUT2D eigenvalue weighted by molar-refractivity contribution is -0.0000144. The van der Waals surface area contributed by atoms with Crippen LogP contribution in [0.1, 0.15) is 29.8 Å². The monoisotopic (exact) mass is 460 g/mol. The molecule has 1 aliphatic rings. The molecule has 8 heteroatoms. The summed E-state index contributed by atoms with van der Waals surface area (Å²) in [6.07, 6.45) is 0. The van der Waals surface area contributed by atoms with Crippen molar-refractivity contribution in [3.63, 3.8) is 0 Å². The summed E-state index contributed by atoms with van der Waals surface area (Å²) in [5.74, 6) is 1.23. The molecule has 2 aromatic carbocycles. The molecule has 0 aliphatic carbocycles. The SMILES string of the molecule is CCN(CC)CCN(C(=O)c1ccc2c(c1)OCCO2)c1nc2ccc(C)cc2s1.[Cl-]. The third-order valence-corrected chi connectivity index (χ3v) is 6.37. The van der Waals surface area contributed by atoms with Crippen LogP contribution in [0, 0.1) is 6.92 Å². The lowest BCUT2D eigenvalue weighted by Gasteiger charge is -2.25. The average molecular weight is 461 g/mol. The first kappa shape index (κ1) is 23.3. The summed E-state index contributed by atoms with van der Waals surface area (Å²) < 4.78 is 12.4. The normalized spacial score (nSPS) is 12.6. The number of carbonyl (C=O) groups is 1. The highest BCUT2D eigenvalue weighted by Gasteiger charge is 2.24. The van der Waals surface area contributed by atoms with E-state index < -0.39 is 0 Å². The zero-order valence-electron chi connectivity index (χ0n) is 18.1. The summed E-state index contributed by atoms with van der Waals surface area (Å²) in [7, 11) is 0. The van der Waals surface area contributed by atoms with E-state index in [0.717, 1.165) is 35.0 Å². The topological polar surface area (TPSA) is 54.9 Å². The van der Waals surface area contributed by atoms with Gasteiger partial charge in [-0.05, 0) is 55.9 Å². The molecule has 3 aromatic rings. The van der Waals surface area contributed by atoms with Crippen molar-refractivity contribution in [2.24, 2.45) is 0 Å². The summed E-state index contributed by atoms with van der Waals surface area (Å²) in [5, 5.41) is 0.725. The van der Waals surface area contributed by atoms with Crippen molar-refractivity contribution in [1.29, 1.82) is 0 Å². The molecule has 6 nitrogen and oxygen atoms in total. The molecule has 4 rings (SSSR count). The maximum atomic E-state index is 13.5. The second kappa shape index (κ2) is 10.3. The predicted octanol–water partition coefficient (Wildman–Crippen LogP) is 1.37. The number of nitrogens with zero attached hydrogens (tertiary/aromatic N) is 3. The second-order valence-corrected chi connectivity index (χ2v) is 8.32. The highest BCUT2D eigenvalue weighted by atomic mass is 35.5. The van der Waals surface area contributed by atoms with Gasteiger partial charge < -0.3 is 26.8 Å².